The molecule has 0 heterocycles. The molecule has 1 saturated carbocycles. The molecule has 1 aromatic rings. The lowest BCUT2D eigenvalue weighted by Gasteiger charge is -2.21. The maximum atomic E-state index is 2.40. The molecule has 14 heavy (non-hydrogen) atoms. The highest BCUT2D eigenvalue weighted by atomic mass is 14.4. The molecule has 1 aliphatic rings. The first-order valence-corrected chi connectivity index (χ1v) is 5.53. The van der Waals surface area contributed by atoms with E-state index in [1.54, 1.807) is 0 Å². The molecule has 0 spiro atoms. The van der Waals surface area contributed by atoms with E-state index in [0.717, 1.165) is 0 Å². The van der Waals surface area contributed by atoms with Gasteiger partial charge in [0.05, 0.1) is 0 Å². The molecule has 0 aromatic heterocycles. The molecule has 0 atom stereocenters. The highest BCUT2D eigenvalue weighted by Gasteiger charge is 2.39. The molecule has 0 aliphatic heterocycles. The molecule has 1 aromatic carbocycles. The third-order valence-electron chi connectivity index (χ3n) is 3.43. The fourth-order valence-electron chi connectivity index (χ4n) is 1.84. The Hall–Kier alpha value is -0.780. The largest absolute Gasteiger partial charge is 0.0617 e. The van der Waals surface area contributed by atoms with Crippen molar-refractivity contribution >= 4 is 0 Å². The first-order valence-electron chi connectivity index (χ1n) is 5.53. The minimum atomic E-state index is 0.279. The van der Waals surface area contributed by atoms with Crippen molar-refractivity contribution in [3.05, 3.63) is 35.4 Å². The molecule has 0 unspecified atom stereocenters. The van der Waals surface area contributed by atoms with Gasteiger partial charge in [0.1, 0.15) is 0 Å². The zero-order chi connectivity index (χ0) is 10.4. The minimum Gasteiger partial charge on any atom is -0.0617 e. The average Bonchev–Trinajstić information content (AvgIpc) is 2.84. The third kappa shape index (κ3) is 1.70. The Bertz CT molecular complexity index is 317. The summed E-state index contributed by atoms with van der Waals surface area (Å²) in [6, 6.07) is 9.13. The number of rotatable bonds is 1. The molecule has 2 rings (SSSR count). The van der Waals surface area contributed by atoms with Crippen LogP contribution in [0.2, 0.25) is 0 Å². The molecule has 1 aliphatic carbocycles. The van der Waals surface area contributed by atoms with Crippen molar-refractivity contribution in [2.75, 3.05) is 0 Å². The Morgan fingerprint density at radius 3 is 2.29 bits per heavy atom. The van der Waals surface area contributed by atoms with Gasteiger partial charge in [-0.15, -0.1) is 0 Å². The quantitative estimate of drug-likeness (QED) is 0.624. The van der Waals surface area contributed by atoms with Crippen LogP contribution >= 0.6 is 0 Å². The predicted octanol–water partition coefficient (Wildman–Crippen LogP) is 4.04. The van der Waals surface area contributed by atoms with Gasteiger partial charge in [-0.3, -0.25) is 0 Å². The van der Waals surface area contributed by atoms with Crippen LogP contribution in [0, 0.1) is 0 Å². The van der Waals surface area contributed by atoms with Gasteiger partial charge in [-0.2, -0.15) is 0 Å². The van der Waals surface area contributed by atoms with E-state index in [0.29, 0.717) is 5.41 Å². The van der Waals surface area contributed by atoms with Crippen molar-refractivity contribution in [1.29, 1.82) is 0 Å². The second-order valence-electron chi connectivity index (χ2n) is 5.89. The zero-order valence-corrected chi connectivity index (χ0v) is 9.72. The van der Waals surface area contributed by atoms with Gasteiger partial charge in [0.25, 0.3) is 0 Å². The Morgan fingerprint density at radius 2 is 1.79 bits per heavy atom. The molecule has 0 heteroatoms. The summed E-state index contributed by atoms with van der Waals surface area (Å²) in [6.07, 6.45) is 2.72. The molecule has 76 valence electrons. The highest BCUT2D eigenvalue weighted by Crippen LogP contribution is 2.48. The van der Waals surface area contributed by atoms with Gasteiger partial charge in [-0.05, 0) is 34.8 Å². The van der Waals surface area contributed by atoms with E-state index in [-0.39, 0.29) is 5.41 Å². The van der Waals surface area contributed by atoms with Crippen molar-refractivity contribution < 1.29 is 0 Å². The van der Waals surface area contributed by atoms with Crippen molar-refractivity contribution in [2.24, 2.45) is 0 Å². The fourth-order valence-corrected chi connectivity index (χ4v) is 1.84. The smallest absolute Gasteiger partial charge is 0.00745 e. The van der Waals surface area contributed by atoms with Crippen molar-refractivity contribution in [2.45, 2.75) is 51.4 Å². The molecule has 0 amide bonds. The number of benzene rings is 1. The van der Waals surface area contributed by atoms with E-state index in [1.807, 2.05) is 0 Å². The summed E-state index contributed by atoms with van der Waals surface area (Å²) in [6.45, 7) is 9.21. The van der Waals surface area contributed by atoms with Crippen LogP contribution in [0.5, 0.6) is 0 Å². The van der Waals surface area contributed by atoms with E-state index >= 15 is 0 Å². The molecule has 0 radical (unpaired) electrons. The second kappa shape index (κ2) is 2.85. The van der Waals surface area contributed by atoms with Gasteiger partial charge < -0.3 is 0 Å². The summed E-state index contributed by atoms with van der Waals surface area (Å²) in [7, 11) is 0. The Morgan fingerprint density at radius 1 is 1.14 bits per heavy atom. The van der Waals surface area contributed by atoms with Gasteiger partial charge in [0.2, 0.25) is 0 Å². The second-order valence-corrected chi connectivity index (χ2v) is 5.89. The van der Waals surface area contributed by atoms with E-state index in [9.17, 15) is 0 Å². The first kappa shape index (κ1) is 9.76. The van der Waals surface area contributed by atoms with E-state index in [4.69, 9.17) is 0 Å². The van der Waals surface area contributed by atoms with Gasteiger partial charge in [0, 0.05) is 0 Å². The van der Waals surface area contributed by atoms with Crippen LogP contribution in [0.15, 0.2) is 24.3 Å². The van der Waals surface area contributed by atoms with Crippen molar-refractivity contribution in [1.82, 2.24) is 0 Å². The van der Waals surface area contributed by atoms with Gasteiger partial charge in [0.15, 0.2) is 0 Å². The van der Waals surface area contributed by atoms with Gasteiger partial charge in [-0.1, -0.05) is 52.0 Å². The monoisotopic (exact) mass is 188 g/mol. The van der Waals surface area contributed by atoms with Crippen molar-refractivity contribution in [3.8, 4) is 0 Å². The Labute approximate surface area is 87.3 Å². The van der Waals surface area contributed by atoms with Crippen LogP contribution in [0.3, 0.4) is 0 Å². The normalized spacial score (nSPS) is 19.4. The van der Waals surface area contributed by atoms with E-state index < -0.39 is 0 Å². The molecular formula is C14H20. The zero-order valence-electron chi connectivity index (χ0n) is 9.72. The SMILES string of the molecule is CC(C)(C)c1cccc(C2(C)CC2)c1. The summed E-state index contributed by atoms with van der Waals surface area (Å²) in [4.78, 5) is 0. The van der Waals surface area contributed by atoms with Crippen LogP contribution in [-0.2, 0) is 10.8 Å². The van der Waals surface area contributed by atoms with Crippen LogP contribution in [0.25, 0.3) is 0 Å². The van der Waals surface area contributed by atoms with Gasteiger partial charge >= 0.3 is 0 Å². The number of hydrogen-bond acceptors (Lipinski definition) is 0. The lowest BCUT2D eigenvalue weighted by molar-refractivity contribution is 0.587. The fraction of sp³-hybridized carbons (Fsp3) is 0.571. The topological polar surface area (TPSA) is 0 Å². The molecule has 0 saturated heterocycles. The molecule has 0 N–H and O–H groups in total. The average molecular weight is 188 g/mol. The summed E-state index contributed by atoms with van der Waals surface area (Å²) >= 11 is 0. The van der Waals surface area contributed by atoms with E-state index in [1.165, 1.54) is 24.0 Å². The van der Waals surface area contributed by atoms with Crippen LogP contribution in [0.4, 0.5) is 0 Å². The van der Waals surface area contributed by atoms with Crippen LogP contribution < -0.4 is 0 Å². The molecular weight excluding hydrogens is 168 g/mol. The molecule has 1 fully saturated rings. The van der Waals surface area contributed by atoms with Crippen molar-refractivity contribution in [3.63, 3.8) is 0 Å². The third-order valence-corrected chi connectivity index (χ3v) is 3.43. The lowest BCUT2D eigenvalue weighted by Crippen LogP contribution is -2.12. The Kier molecular flexibility index (Phi) is 1.99. The summed E-state index contributed by atoms with van der Waals surface area (Å²) in [5.74, 6) is 0. The molecule has 0 bridgehead atoms. The van der Waals surface area contributed by atoms with E-state index in [2.05, 4.69) is 52.0 Å². The maximum absolute atomic E-state index is 2.40. The molecule has 0 nitrogen and oxygen atoms in total. The first-order chi connectivity index (χ1) is 6.42. The lowest BCUT2D eigenvalue weighted by atomic mass is 9.84. The van der Waals surface area contributed by atoms with Crippen LogP contribution in [0.1, 0.15) is 51.7 Å². The summed E-state index contributed by atoms with van der Waals surface area (Å²) in [5, 5.41) is 0. The number of hydrogen-bond donors (Lipinski definition) is 0. The summed E-state index contributed by atoms with van der Waals surface area (Å²) in [5.41, 5.74) is 3.77. The Balaban J connectivity index is 2.37. The predicted molar refractivity (Wildman–Crippen MR) is 61.7 cm³/mol. The standard InChI is InChI=1S/C14H20/c1-13(2,3)11-6-5-7-12(10-11)14(4)8-9-14/h5-7,10H,8-9H2,1-4H3. The highest BCUT2D eigenvalue weighted by molar-refractivity contribution is 5.36. The minimum absolute atomic E-state index is 0.279. The maximum Gasteiger partial charge on any atom is -0.00745 e. The summed E-state index contributed by atoms with van der Waals surface area (Å²) < 4.78 is 0. The van der Waals surface area contributed by atoms with Crippen LogP contribution in [-0.4, -0.2) is 0 Å². The van der Waals surface area contributed by atoms with Gasteiger partial charge in [-0.25, -0.2) is 0 Å².